The van der Waals surface area contributed by atoms with Crippen LogP contribution in [0.1, 0.15) is 5.82 Å². The number of thioether (sulfide) groups is 1. The summed E-state index contributed by atoms with van der Waals surface area (Å²) in [6.07, 6.45) is 5.70. The number of carbonyl (C=O) groups excluding carboxylic acids is 2. The molecule has 1 saturated heterocycles. The predicted octanol–water partition coefficient (Wildman–Crippen LogP) is -0.489. The molecular weight excluding hydrogens is 504 g/mol. The first-order valence-corrected chi connectivity index (χ1v) is 12.4. The van der Waals surface area contributed by atoms with Crippen LogP contribution in [0.3, 0.4) is 0 Å². The van der Waals surface area contributed by atoms with Crippen LogP contribution in [0.2, 0.25) is 0 Å². The number of carboxylic acid groups (broad SMARTS) is 1. The number of hydrogen-bond acceptors (Lipinski definition) is 11. The highest BCUT2D eigenvalue weighted by molar-refractivity contribution is 8.00. The van der Waals surface area contributed by atoms with Gasteiger partial charge in [-0.15, -0.1) is 11.8 Å². The van der Waals surface area contributed by atoms with E-state index in [2.05, 4.69) is 19.8 Å². The number of aliphatic carboxylic acids is 1. The zero-order valence-corrected chi connectivity index (χ0v) is 19.9. The summed E-state index contributed by atoms with van der Waals surface area (Å²) < 4.78 is 7.77. The largest absolute Gasteiger partial charge is 0.477 e. The summed E-state index contributed by atoms with van der Waals surface area (Å²) in [6.45, 7) is 0.331. The van der Waals surface area contributed by atoms with Gasteiger partial charge >= 0.3 is 5.97 Å². The second-order valence-electron chi connectivity index (χ2n) is 7.26. The van der Waals surface area contributed by atoms with Crippen LogP contribution in [0.4, 0.5) is 5.13 Å². The number of nitrogens with two attached hydrogens (primary N) is 1. The van der Waals surface area contributed by atoms with Crippen LogP contribution in [-0.4, -0.2) is 71.5 Å². The summed E-state index contributed by atoms with van der Waals surface area (Å²) in [7, 11) is 1.26. The molecule has 0 radical (unpaired) electrons. The third kappa shape index (κ3) is 3.78. The van der Waals surface area contributed by atoms with Crippen LogP contribution in [0, 0.1) is 0 Å². The summed E-state index contributed by atoms with van der Waals surface area (Å²) in [6, 6.07) is -0.932. The maximum atomic E-state index is 12.9. The van der Waals surface area contributed by atoms with Gasteiger partial charge in [-0.05, 0) is 0 Å². The van der Waals surface area contributed by atoms with Gasteiger partial charge in [0.05, 0.1) is 0 Å². The highest BCUT2D eigenvalue weighted by atomic mass is 32.2. The first-order chi connectivity index (χ1) is 16.4. The van der Waals surface area contributed by atoms with Gasteiger partial charge in [-0.25, -0.2) is 9.36 Å². The Morgan fingerprint density at radius 2 is 2.29 bits per heavy atom. The van der Waals surface area contributed by atoms with Gasteiger partial charge in [0.1, 0.15) is 43.2 Å². The molecule has 1 fully saturated rings. The van der Waals surface area contributed by atoms with E-state index in [0.717, 1.165) is 16.4 Å². The number of aromatic nitrogens is 4. The molecule has 0 bridgehead atoms. The summed E-state index contributed by atoms with van der Waals surface area (Å²) in [5.41, 5.74) is 5.90. The van der Waals surface area contributed by atoms with E-state index in [1.807, 2.05) is 33.1 Å². The molecule has 0 aliphatic carbocycles. The van der Waals surface area contributed by atoms with Gasteiger partial charge in [0, 0.05) is 28.2 Å². The molecule has 0 saturated carbocycles. The number of imidazole rings is 1. The highest BCUT2D eigenvalue weighted by Gasteiger charge is 2.54. The number of amides is 2. The molecule has 5 heterocycles. The second-order valence-corrected chi connectivity index (χ2v) is 10.1. The lowest BCUT2D eigenvalue weighted by molar-refractivity contribution is -0.687. The Bertz CT molecular complexity index is 1350. The maximum Gasteiger partial charge on any atom is 0.352 e. The van der Waals surface area contributed by atoms with Crippen molar-refractivity contribution < 1.29 is 28.9 Å². The molecular formula is C18H17N8O5S3+. The molecule has 3 aromatic rings. The molecule has 2 aliphatic heterocycles. The summed E-state index contributed by atoms with van der Waals surface area (Å²) in [4.78, 5) is 48.7. The number of nitrogen functional groups attached to an aromatic ring is 1. The fourth-order valence-electron chi connectivity index (χ4n) is 3.76. The van der Waals surface area contributed by atoms with Crippen LogP contribution >= 0.6 is 34.6 Å². The minimum absolute atomic E-state index is 0.0281. The summed E-state index contributed by atoms with van der Waals surface area (Å²) in [5.74, 6) is -2.08. The van der Waals surface area contributed by atoms with Gasteiger partial charge in [0.15, 0.2) is 5.13 Å². The number of rotatable bonds is 7. The molecule has 2 amide bonds. The standard InChI is InChI=1S/C18H16N8O5S3/c1-31-22-10(13-21-18(19)34-23-13)14(27)20-11-15(28)26-12(17(29)30)8(6-33-16(11)26)4-24-5-9-25(7-24)2-3-32-9/h2-3,5,7,11,16H,4,6H2,1H3,(H3-,19,20,21,23,27,29,30)/p+1/b22-10-/t11-,16-/m1/s1. The first kappa shape index (κ1) is 22.3. The van der Waals surface area contributed by atoms with Gasteiger partial charge in [0.2, 0.25) is 22.7 Å². The van der Waals surface area contributed by atoms with Crippen molar-refractivity contribution >= 4 is 68.1 Å². The average Bonchev–Trinajstić information content (AvgIpc) is 3.51. The Kier molecular flexibility index (Phi) is 5.70. The maximum absolute atomic E-state index is 12.9. The van der Waals surface area contributed by atoms with Crippen LogP contribution in [0.25, 0.3) is 4.83 Å². The summed E-state index contributed by atoms with van der Waals surface area (Å²) >= 11 is 3.83. The fourth-order valence-corrected chi connectivity index (χ4v) is 6.28. The van der Waals surface area contributed by atoms with Crippen LogP contribution in [-0.2, 0) is 25.8 Å². The quantitative estimate of drug-likeness (QED) is 0.161. The van der Waals surface area contributed by atoms with Crippen LogP contribution < -0.4 is 15.6 Å². The molecule has 0 unspecified atom stereocenters. The number of thiazole rings is 1. The molecule has 2 aliphatic rings. The van der Waals surface area contributed by atoms with E-state index in [-0.39, 0.29) is 22.4 Å². The van der Waals surface area contributed by atoms with E-state index in [9.17, 15) is 19.5 Å². The lowest BCUT2D eigenvalue weighted by atomic mass is 10.0. The van der Waals surface area contributed by atoms with Gasteiger partial charge in [-0.3, -0.25) is 14.5 Å². The first-order valence-electron chi connectivity index (χ1n) is 9.73. The number of nitrogens with one attached hydrogen (secondary N) is 1. The van der Waals surface area contributed by atoms with Gasteiger partial charge in [-0.2, -0.15) is 13.8 Å². The van der Waals surface area contributed by atoms with E-state index in [0.29, 0.717) is 17.9 Å². The molecule has 34 heavy (non-hydrogen) atoms. The molecule has 16 heteroatoms. The number of fused-ring (bicyclic) bond motifs is 2. The molecule has 0 spiro atoms. The van der Waals surface area contributed by atoms with Crippen LogP contribution in [0.15, 0.2) is 40.5 Å². The lowest BCUT2D eigenvalue weighted by Crippen LogP contribution is -2.71. The SMILES string of the molecule is CO/N=C(\C(=O)N[C@@H]1C(=O)N2C(C(=O)O)=C(C[n+]3cc4sccn4c3)CS[C@H]12)c1nsc(N)n1. The van der Waals surface area contributed by atoms with Crippen molar-refractivity contribution in [1.29, 1.82) is 0 Å². The Balaban J connectivity index is 1.35. The van der Waals surface area contributed by atoms with E-state index in [4.69, 9.17) is 10.6 Å². The number of carbonyl (C=O) groups is 3. The van der Waals surface area contributed by atoms with E-state index in [1.54, 1.807) is 11.3 Å². The van der Waals surface area contributed by atoms with Gasteiger partial charge in [0.25, 0.3) is 11.8 Å². The molecule has 176 valence electrons. The summed E-state index contributed by atoms with van der Waals surface area (Å²) in [5, 5.41) is 17.7. The van der Waals surface area contributed by atoms with Crippen molar-refractivity contribution in [2.24, 2.45) is 5.16 Å². The molecule has 5 rings (SSSR count). The van der Waals surface area contributed by atoms with E-state index in [1.165, 1.54) is 23.8 Å². The van der Waals surface area contributed by atoms with Crippen molar-refractivity contribution in [3.63, 3.8) is 0 Å². The fraction of sp³-hybridized carbons (Fsp3) is 0.278. The van der Waals surface area contributed by atoms with E-state index < -0.39 is 29.2 Å². The minimum Gasteiger partial charge on any atom is -0.477 e. The lowest BCUT2D eigenvalue weighted by Gasteiger charge is -2.49. The van der Waals surface area contributed by atoms with Crippen molar-refractivity contribution in [1.82, 2.24) is 24.0 Å². The van der Waals surface area contributed by atoms with Crippen molar-refractivity contribution in [2.75, 3.05) is 18.6 Å². The third-order valence-electron chi connectivity index (χ3n) is 5.17. The van der Waals surface area contributed by atoms with Gasteiger partial charge in [-0.1, -0.05) is 16.5 Å². The number of nitrogens with zero attached hydrogens (tertiary/aromatic N) is 6. The molecule has 3 aromatic heterocycles. The zero-order valence-electron chi connectivity index (χ0n) is 17.4. The van der Waals surface area contributed by atoms with E-state index >= 15 is 0 Å². The number of anilines is 1. The predicted molar refractivity (Wildman–Crippen MR) is 123 cm³/mol. The monoisotopic (exact) mass is 521 g/mol. The number of β-lactam (4-membered cyclic amide) rings is 1. The van der Waals surface area contributed by atoms with Gasteiger partial charge < -0.3 is 21.0 Å². The molecule has 0 aromatic carbocycles. The smallest absolute Gasteiger partial charge is 0.352 e. The third-order valence-corrected chi connectivity index (χ3v) is 7.87. The Morgan fingerprint density at radius 3 is 2.97 bits per heavy atom. The Hall–Kier alpha value is -3.50. The zero-order chi connectivity index (χ0) is 24.0. The van der Waals surface area contributed by atoms with Crippen LogP contribution in [0.5, 0.6) is 0 Å². The Morgan fingerprint density at radius 1 is 1.47 bits per heavy atom. The molecule has 2 atom stereocenters. The van der Waals surface area contributed by atoms with Crippen molar-refractivity contribution in [2.45, 2.75) is 18.0 Å². The molecule has 13 nitrogen and oxygen atoms in total. The second kappa shape index (κ2) is 8.69. The number of carboxylic acids is 1. The van der Waals surface area contributed by atoms with Crippen molar-refractivity contribution in [3.05, 3.63) is 41.2 Å². The average molecular weight is 522 g/mol. The van der Waals surface area contributed by atoms with Crippen molar-refractivity contribution in [3.8, 4) is 0 Å². The highest BCUT2D eigenvalue weighted by Crippen LogP contribution is 2.40. The Labute approximate surface area is 203 Å². The molecule has 4 N–H and O–H groups in total. The topological polar surface area (TPSA) is 168 Å². The number of oxime groups is 1. The minimum atomic E-state index is -1.19. The normalized spacial score (nSPS) is 20.3. The number of hydrogen-bond donors (Lipinski definition) is 3.